The van der Waals surface area contributed by atoms with Gasteiger partial charge >= 0.3 is 0 Å². The Labute approximate surface area is 164 Å². The quantitative estimate of drug-likeness (QED) is 0.678. The van der Waals surface area contributed by atoms with Gasteiger partial charge in [0, 0.05) is 30.1 Å². The van der Waals surface area contributed by atoms with Gasteiger partial charge in [0.1, 0.15) is 0 Å². The first-order chi connectivity index (χ1) is 13.6. The number of hydrogen-bond donors (Lipinski definition) is 2. The summed E-state index contributed by atoms with van der Waals surface area (Å²) in [7, 11) is 0. The summed E-state index contributed by atoms with van der Waals surface area (Å²) in [4.78, 5) is 28.6. The van der Waals surface area contributed by atoms with E-state index in [1.54, 1.807) is 43.6 Å². The van der Waals surface area contributed by atoms with E-state index in [0.29, 0.717) is 17.7 Å². The third-order valence-corrected chi connectivity index (χ3v) is 4.46. The van der Waals surface area contributed by atoms with E-state index in [1.807, 2.05) is 43.3 Å². The van der Waals surface area contributed by atoms with E-state index in [4.69, 9.17) is 0 Å². The van der Waals surface area contributed by atoms with Gasteiger partial charge in [-0.1, -0.05) is 42.8 Å². The van der Waals surface area contributed by atoms with Crippen LogP contribution in [0.3, 0.4) is 0 Å². The van der Waals surface area contributed by atoms with E-state index in [9.17, 15) is 9.59 Å². The molecule has 5 heteroatoms. The summed E-state index contributed by atoms with van der Waals surface area (Å²) in [6.07, 6.45) is 3.81. The molecule has 0 aliphatic carbocycles. The maximum Gasteiger partial charge on any atom is 0.252 e. The molecule has 3 rings (SSSR count). The summed E-state index contributed by atoms with van der Waals surface area (Å²) < 4.78 is 0. The second-order valence-corrected chi connectivity index (χ2v) is 6.58. The van der Waals surface area contributed by atoms with Crippen LogP contribution in [0, 0.1) is 6.92 Å². The lowest BCUT2D eigenvalue weighted by atomic mass is 9.98. The number of aromatic nitrogens is 1. The Morgan fingerprint density at radius 2 is 1.64 bits per heavy atom. The molecule has 28 heavy (non-hydrogen) atoms. The van der Waals surface area contributed by atoms with Crippen molar-refractivity contribution in [3.63, 3.8) is 0 Å². The number of rotatable bonds is 6. The lowest BCUT2D eigenvalue weighted by Gasteiger charge is -2.20. The number of nitrogens with zero attached hydrogens (tertiary/aromatic N) is 1. The van der Waals surface area contributed by atoms with Crippen LogP contribution in [0.5, 0.6) is 0 Å². The van der Waals surface area contributed by atoms with Crippen molar-refractivity contribution in [3.05, 3.63) is 95.3 Å². The summed E-state index contributed by atoms with van der Waals surface area (Å²) in [6.45, 7) is 3.81. The monoisotopic (exact) mass is 373 g/mol. The van der Waals surface area contributed by atoms with Gasteiger partial charge in [0.2, 0.25) is 5.91 Å². The third kappa shape index (κ3) is 4.82. The van der Waals surface area contributed by atoms with Gasteiger partial charge < -0.3 is 10.6 Å². The largest absolute Gasteiger partial charge is 0.341 e. The zero-order valence-corrected chi connectivity index (χ0v) is 16.0. The van der Waals surface area contributed by atoms with Gasteiger partial charge in [-0.05, 0) is 48.4 Å². The van der Waals surface area contributed by atoms with E-state index < -0.39 is 0 Å². The Morgan fingerprint density at radius 3 is 2.32 bits per heavy atom. The topological polar surface area (TPSA) is 71.1 Å². The zero-order chi connectivity index (χ0) is 19.9. The summed E-state index contributed by atoms with van der Waals surface area (Å²) >= 11 is 0. The fraction of sp³-hybridized carbons (Fsp3) is 0.174. The summed E-state index contributed by atoms with van der Waals surface area (Å²) in [5, 5.41) is 5.88. The summed E-state index contributed by atoms with van der Waals surface area (Å²) in [6, 6.07) is 18.5. The van der Waals surface area contributed by atoms with Gasteiger partial charge in [-0.2, -0.15) is 0 Å². The molecule has 3 aromatic rings. The molecule has 1 heterocycles. The Morgan fingerprint density at radius 1 is 0.964 bits per heavy atom. The first-order valence-corrected chi connectivity index (χ1v) is 9.24. The van der Waals surface area contributed by atoms with E-state index in [1.165, 1.54) is 0 Å². The molecule has 2 aromatic carbocycles. The predicted octanol–water partition coefficient (Wildman–Crippen LogP) is 4.26. The molecule has 0 spiro atoms. The molecule has 0 unspecified atom stereocenters. The minimum Gasteiger partial charge on any atom is -0.341 e. The summed E-state index contributed by atoms with van der Waals surface area (Å²) in [5.41, 5.74) is 4.18. The van der Waals surface area contributed by atoms with E-state index in [0.717, 1.165) is 16.7 Å². The molecular weight excluding hydrogens is 350 g/mol. The SMILES string of the molecule is CCC(=O)Nc1cccc(C(=O)N[C@@H](c2ccncc2)c2ccc(C)cc2)c1. The molecule has 0 bridgehead atoms. The minimum absolute atomic E-state index is 0.0909. The number of pyridine rings is 1. The Hall–Kier alpha value is -3.47. The van der Waals surface area contributed by atoms with Crippen molar-refractivity contribution in [1.82, 2.24) is 10.3 Å². The first kappa shape index (κ1) is 19.3. The molecule has 0 saturated carbocycles. The molecule has 1 atom stereocenters. The number of hydrogen-bond acceptors (Lipinski definition) is 3. The fourth-order valence-electron chi connectivity index (χ4n) is 2.88. The third-order valence-electron chi connectivity index (χ3n) is 4.46. The van der Waals surface area contributed by atoms with E-state index >= 15 is 0 Å². The number of anilines is 1. The van der Waals surface area contributed by atoms with Crippen LogP contribution in [-0.2, 0) is 4.79 Å². The van der Waals surface area contributed by atoms with Gasteiger partial charge in [0.05, 0.1) is 6.04 Å². The maximum absolute atomic E-state index is 12.9. The number of amides is 2. The van der Waals surface area contributed by atoms with Gasteiger partial charge in [-0.3, -0.25) is 14.6 Å². The average Bonchev–Trinajstić information content (AvgIpc) is 2.73. The molecule has 2 N–H and O–H groups in total. The smallest absolute Gasteiger partial charge is 0.252 e. The fourth-order valence-corrected chi connectivity index (χ4v) is 2.88. The van der Waals surface area contributed by atoms with Crippen molar-refractivity contribution in [2.45, 2.75) is 26.3 Å². The number of nitrogens with one attached hydrogen (secondary N) is 2. The molecule has 142 valence electrons. The Kier molecular flexibility index (Phi) is 6.17. The predicted molar refractivity (Wildman–Crippen MR) is 110 cm³/mol. The number of benzene rings is 2. The molecule has 2 amide bonds. The average molecular weight is 373 g/mol. The van der Waals surface area contributed by atoms with E-state index in [-0.39, 0.29) is 17.9 Å². The van der Waals surface area contributed by atoms with Gasteiger partial charge in [0.15, 0.2) is 0 Å². The lowest BCUT2D eigenvalue weighted by Crippen LogP contribution is -2.29. The number of carbonyl (C=O) groups is 2. The standard InChI is InChI=1S/C23H23N3O2/c1-3-21(27)25-20-6-4-5-19(15-20)23(28)26-22(18-11-13-24-14-12-18)17-9-7-16(2)8-10-17/h4-15,22H,3H2,1-2H3,(H,25,27)(H,26,28)/t22-/m1/s1. The maximum atomic E-state index is 12.9. The minimum atomic E-state index is -0.301. The van der Waals surface area contributed by atoms with Crippen LogP contribution in [-0.4, -0.2) is 16.8 Å². The van der Waals surface area contributed by atoms with Crippen molar-refractivity contribution in [2.75, 3.05) is 5.32 Å². The Bertz CT molecular complexity index is 953. The Balaban J connectivity index is 1.86. The zero-order valence-electron chi connectivity index (χ0n) is 16.0. The van der Waals surface area contributed by atoms with Crippen molar-refractivity contribution < 1.29 is 9.59 Å². The highest BCUT2D eigenvalue weighted by Gasteiger charge is 2.18. The van der Waals surface area contributed by atoms with Crippen molar-refractivity contribution >= 4 is 17.5 Å². The second kappa shape index (κ2) is 8.95. The lowest BCUT2D eigenvalue weighted by molar-refractivity contribution is -0.115. The van der Waals surface area contributed by atoms with E-state index in [2.05, 4.69) is 15.6 Å². The molecule has 0 fully saturated rings. The van der Waals surface area contributed by atoms with Crippen LogP contribution in [0.15, 0.2) is 73.1 Å². The van der Waals surface area contributed by atoms with Crippen LogP contribution < -0.4 is 10.6 Å². The molecular formula is C23H23N3O2. The van der Waals surface area contributed by atoms with Crippen molar-refractivity contribution in [1.29, 1.82) is 0 Å². The highest BCUT2D eigenvalue weighted by Crippen LogP contribution is 2.23. The van der Waals surface area contributed by atoms with Crippen LogP contribution in [0.1, 0.15) is 46.4 Å². The van der Waals surface area contributed by atoms with Crippen LogP contribution in [0.2, 0.25) is 0 Å². The molecule has 0 radical (unpaired) electrons. The van der Waals surface area contributed by atoms with Gasteiger partial charge in [-0.25, -0.2) is 0 Å². The second-order valence-electron chi connectivity index (χ2n) is 6.58. The summed E-state index contributed by atoms with van der Waals surface area (Å²) in [5.74, 6) is -0.304. The van der Waals surface area contributed by atoms with Crippen LogP contribution in [0.4, 0.5) is 5.69 Å². The molecule has 0 aliphatic rings. The number of aryl methyl sites for hydroxylation is 1. The first-order valence-electron chi connectivity index (χ1n) is 9.24. The number of carbonyl (C=O) groups excluding carboxylic acids is 2. The van der Waals surface area contributed by atoms with Crippen LogP contribution >= 0.6 is 0 Å². The van der Waals surface area contributed by atoms with Crippen molar-refractivity contribution in [3.8, 4) is 0 Å². The highest BCUT2D eigenvalue weighted by molar-refractivity contribution is 5.97. The normalized spacial score (nSPS) is 11.5. The van der Waals surface area contributed by atoms with Crippen LogP contribution in [0.25, 0.3) is 0 Å². The van der Waals surface area contributed by atoms with Gasteiger partial charge in [-0.15, -0.1) is 0 Å². The highest BCUT2D eigenvalue weighted by atomic mass is 16.2. The van der Waals surface area contributed by atoms with Crippen molar-refractivity contribution in [2.24, 2.45) is 0 Å². The molecule has 1 aromatic heterocycles. The molecule has 5 nitrogen and oxygen atoms in total. The van der Waals surface area contributed by atoms with Gasteiger partial charge in [0.25, 0.3) is 5.91 Å². The molecule has 0 aliphatic heterocycles. The molecule has 0 saturated heterocycles.